The van der Waals surface area contributed by atoms with Crippen LogP contribution >= 0.6 is 0 Å². The van der Waals surface area contributed by atoms with Gasteiger partial charge >= 0.3 is 12.2 Å². The third-order valence-electron chi connectivity index (χ3n) is 6.79. The fourth-order valence-electron chi connectivity index (χ4n) is 4.75. The summed E-state index contributed by atoms with van der Waals surface area (Å²) in [7, 11) is 1.40. The predicted octanol–water partition coefficient (Wildman–Crippen LogP) is 4.88. The molecule has 0 bridgehead atoms. The SMILES string of the molecule is CCOC1=C(F)C(F)=CCC1(C)[C@H]1C[C@@](C)(C(F)(F)F)O[C@@H]1C(=O)Nc1ccn2c(OC)nnc2c1. The summed E-state index contributed by atoms with van der Waals surface area (Å²) in [5.41, 5.74) is -3.64. The van der Waals surface area contributed by atoms with E-state index in [1.165, 1.54) is 36.8 Å². The molecular formula is C23H25F5N4O4. The number of ether oxygens (including phenoxy) is 3. The van der Waals surface area contributed by atoms with Crippen LogP contribution in [-0.2, 0) is 14.3 Å². The Kier molecular flexibility index (Phi) is 6.48. The van der Waals surface area contributed by atoms with Crippen LogP contribution in [0.2, 0.25) is 0 Å². The van der Waals surface area contributed by atoms with Gasteiger partial charge in [-0.15, -0.1) is 5.10 Å². The summed E-state index contributed by atoms with van der Waals surface area (Å²) in [5, 5.41) is 10.3. The van der Waals surface area contributed by atoms with Crippen LogP contribution in [0.25, 0.3) is 5.65 Å². The number of hydrogen-bond acceptors (Lipinski definition) is 6. The van der Waals surface area contributed by atoms with Gasteiger partial charge in [0.05, 0.1) is 13.7 Å². The van der Waals surface area contributed by atoms with Gasteiger partial charge in [-0.2, -0.15) is 13.2 Å². The van der Waals surface area contributed by atoms with E-state index in [1.54, 1.807) is 6.92 Å². The molecular weight excluding hydrogens is 491 g/mol. The van der Waals surface area contributed by atoms with E-state index in [0.717, 1.165) is 13.0 Å². The largest absolute Gasteiger partial charge is 0.494 e. The summed E-state index contributed by atoms with van der Waals surface area (Å²) in [6.45, 7) is 3.78. The second-order valence-electron chi connectivity index (χ2n) is 9.15. The molecule has 2 aromatic rings. The van der Waals surface area contributed by atoms with Crippen molar-refractivity contribution in [3.63, 3.8) is 0 Å². The van der Waals surface area contributed by atoms with Crippen LogP contribution in [-0.4, -0.2) is 52.1 Å². The van der Waals surface area contributed by atoms with Gasteiger partial charge < -0.3 is 19.5 Å². The van der Waals surface area contributed by atoms with Crippen LogP contribution in [0.1, 0.15) is 33.6 Å². The number of pyridine rings is 1. The monoisotopic (exact) mass is 516 g/mol. The number of nitrogens with one attached hydrogen (secondary N) is 1. The molecule has 196 valence electrons. The Morgan fingerprint density at radius 2 is 2.03 bits per heavy atom. The Hall–Kier alpha value is -3.22. The van der Waals surface area contributed by atoms with E-state index < -0.39 is 59.0 Å². The molecule has 1 saturated heterocycles. The smallest absolute Gasteiger partial charge is 0.417 e. The number of methoxy groups -OCH3 is 1. The highest BCUT2D eigenvalue weighted by molar-refractivity contribution is 5.95. The number of hydrogen-bond donors (Lipinski definition) is 1. The second-order valence-corrected chi connectivity index (χ2v) is 9.15. The highest BCUT2D eigenvalue weighted by Crippen LogP contribution is 2.57. The predicted molar refractivity (Wildman–Crippen MR) is 117 cm³/mol. The Morgan fingerprint density at radius 1 is 1.31 bits per heavy atom. The van der Waals surface area contributed by atoms with Gasteiger partial charge in [0.15, 0.2) is 22.9 Å². The molecule has 1 N–H and O–H groups in total. The molecule has 0 radical (unpaired) electrons. The Morgan fingerprint density at radius 3 is 2.67 bits per heavy atom. The molecule has 0 saturated carbocycles. The van der Waals surface area contributed by atoms with E-state index in [0.29, 0.717) is 5.65 Å². The van der Waals surface area contributed by atoms with Gasteiger partial charge in [-0.05, 0) is 38.8 Å². The third kappa shape index (κ3) is 4.18. The number of carbonyl (C=O) groups excluding carboxylic acids is 1. The lowest BCUT2D eigenvalue weighted by Gasteiger charge is -2.40. The molecule has 1 fully saturated rings. The van der Waals surface area contributed by atoms with E-state index in [4.69, 9.17) is 14.2 Å². The summed E-state index contributed by atoms with van der Waals surface area (Å²) in [5.74, 6) is -4.96. The molecule has 0 aromatic carbocycles. The first kappa shape index (κ1) is 25.9. The van der Waals surface area contributed by atoms with Crippen molar-refractivity contribution in [2.24, 2.45) is 11.3 Å². The lowest BCUT2D eigenvalue weighted by atomic mass is 9.66. The molecule has 2 aromatic heterocycles. The summed E-state index contributed by atoms with van der Waals surface area (Å²) in [4.78, 5) is 13.3. The molecule has 4 rings (SSSR count). The van der Waals surface area contributed by atoms with Crippen molar-refractivity contribution >= 4 is 17.2 Å². The van der Waals surface area contributed by atoms with Gasteiger partial charge in [0.1, 0.15) is 11.9 Å². The van der Waals surface area contributed by atoms with Crippen molar-refractivity contribution in [2.45, 2.75) is 51.5 Å². The van der Waals surface area contributed by atoms with Gasteiger partial charge in [0.25, 0.3) is 5.91 Å². The van der Waals surface area contributed by atoms with Crippen LogP contribution < -0.4 is 10.1 Å². The number of rotatable bonds is 6. The highest BCUT2D eigenvalue weighted by atomic mass is 19.4. The molecule has 13 heteroatoms. The number of allylic oxidation sites excluding steroid dienone is 4. The zero-order chi connectivity index (χ0) is 26.5. The van der Waals surface area contributed by atoms with Gasteiger partial charge in [-0.3, -0.25) is 9.20 Å². The fraction of sp³-hybridized carbons (Fsp3) is 0.522. The van der Waals surface area contributed by atoms with Gasteiger partial charge in [0.2, 0.25) is 0 Å². The van der Waals surface area contributed by atoms with E-state index in [9.17, 15) is 26.7 Å². The number of halogens is 5. The van der Waals surface area contributed by atoms with Crippen molar-refractivity contribution in [1.82, 2.24) is 14.6 Å². The molecule has 1 amide bonds. The summed E-state index contributed by atoms with van der Waals surface area (Å²) < 4.78 is 88.1. The second kappa shape index (κ2) is 9.02. The maximum absolute atomic E-state index is 14.8. The standard InChI is InChI=1S/C23H25F5N4O4/c1-5-35-18-16(25)14(24)6-8-21(18,2)13-11-22(3,23(26,27)28)36-17(13)19(33)29-12-7-9-32-15(10-12)30-31-20(32)34-4/h6-7,9-10,13,17H,5,8,11H2,1-4H3,(H,29,33)/t13-,17-,21?,22-/m0/s1. The van der Waals surface area contributed by atoms with Crippen LogP contribution in [0.5, 0.6) is 6.01 Å². The summed E-state index contributed by atoms with van der Waals surface area (Å²) >= 11 is 0. The van der Waals surface area contributed by atoms with E-state index >= 15 is 0 Å². The average molecular weight is 516 g/mol. The van der Waals surface area contributed by atoms with Crippen LogP contribution in [0.4, 0.5) is 27.6 Å². The molecule has 1 aliphatic heterocycles. The lowest BCUT2D eigenvalue weighted by molar-refractivity contribution is -0.261. The number of alkyl halides is 3. The number of anilines is 1. The molecule has 1 aliphatic carbocycles. The van der Waals surface area contributed by atoms with Crippen molar-refractivity contribution in [3.8, 4) is 6.01 Å². The fourth-order valence-corrected chi connectivity index (χ4v) is 4.75. The van der Waals surface area contributed by atoms with Crippen LogP contribution in [0.15, 0.2) is 41.8 Å². The zero-order valence-electron chi connectivity index (χ0n) is 19.9. The summed E-state index contributed by atoms with van der Waals surface area (Å²) in [6, 6.07) is 3.13. The molecule has 4 atom stereocenters. The Bertz CT molecular complexity index is 1240. The van der Waals surface area contributed by atoms with Crippen molar-refractivity contribution in [3.05, 3.63) is 41.8 Å². The Balaban J connectivity index is 1.70. The normalized spacial score (nSPS) is 28.9. The average Bonchev–Trinajstić information content (AvgIpc) is 3.41. The minimum absolute atomic E-state index is 0.0472. The maximum Gasteiger partial charge on any atom is 0.417 e. The minimum atomic E-state index is -4.82. The number of amides is 1. The molecule has 0 spiro atoms. The molecule has 36 heavy (non-hydrogen) atoms. The molecule has 1 unspecified atom stereocenters. The first-order valence-electron chi connectivity index (χ1n) is 11.2. The molecule has 3 heterocycles. The number of carbonyl (C=O) groups is 1. The van der Waals surface area contributed by atoms with E-state index in [1.807, 2.05) is 0 Å². The molecule has 8 nitrogen and oxygen atoms in total. The Labute approximate surface area is 203 Å². The van der Waals surface area contributed by atoms with Crippen molar-refractivity contribution in [2.75, 3.05) is 19.0 Å². The van der Waals surface area contributed by atoms with Crippen LogP contribution in [0.3, 0.4) is 0 Å². The quantitative estimate of drug-likeness (QED) is 0.551. The first-order chi connectivity index (χ1) is 16.8. The van der Waals surface area contributed by atoms with Gasteiger partial charge in [-0.25, -0.2) is 8.78 Å². The number of nitrogens with zero attached hydrogens (tertiary/aromatic N) is 3. The number of fused-ring (bicyclic) bond motifs is 1. The topological polar surface area (TPSA) is 87.0 Å². The maximum atomic E-state index is 14.8. The first-order valence-corrected chi connectivity index (χ1v) is 11.2. The van der Waals surface area contributed by atoms with Gasteiger partial charge in [-0.1, -0.05) is 12.0 Å². The van der Waals surface area contributed by atoms with E-state index in [2.05, 4.69) is 15.5 Å². The third-order valence-corrected chi connectivity index (χ3v) is 6.79. The number of aromatic nitrogens is 3. The van der Waals surface area contributed by atoms with Crippen molar-refractivity contribution in [1.29, 1.82) is 0 Å². The van der Waals surface area contributed by atoms with Crippen molar-refractivity contribution < 1.29 is 41.0 Å². The minimum Gasteiger partial charge on any atom is -0.494 e. The zero-order valence-corrected chi connectivity index (χ0v) is 19.9. The van der Waals surface area contributed by atoms with Crippen LogP contribution in [0, 0.1) is 11.3 Å². The van der Waals surface area contributed by atoms with E-state index in [-0.39, 0.29) is 24.7 Å². The summed E-state index contributed by atoms with van der Waals surface area (Å²) in [6.07, 6.45) is -4.86. The molecule has 2 aliphatic rings. The highest BCUT2D eigenvalue weighted by Gasteiger charge is 2.65. The lowest BCUT2D eigenvalue weighted by Crippen LogP contribution is -2.44. The van der Waals surface area contributed by atoms with Gasteiger partial charge in [0, 0.05) is 29.3 Å².